The third-order valence-electron chi connectivity index (χ3n) is 3.58. The number of nitrogen functional groups attached to an aromatic ring is 1. The average molecular weight is 248 g/mol. The molecule has 4 nitrogen and oxygen atoms in total. The van der Waals surface area contributed by atoms with Crippen LogP contribution in [0.25, 0.3) is 0 Å². The molecule has 2 unspecified atom stereocenters. The number of ether oxygens (including phenoxy) is 1. The summed E-state index contributed by atoms with van der Waals surface area (Å²) in [6, 6.07) is 3.81. The van der Waals surface area contributed by atoms with Crippen LogP contribution in [0.15, 0.2) is 12.1 Å². The quantitative estimate of drug-likeness (QED) is 0.789. The van der Waals surface area contributed by atoms with E-state index in [0.717, 1.165) is 23.2 Å². The Morgan fingerprint density at radius 3 is 2.72 bits per heavy atom. The number of carbonyl (C=O) groups is 1. The van der Waals surface area contributed by atoms with E-state index < -0.39 is 0 Å². The van der Waals surface area contributed by atoms with Gasteiger partial charge in [0.1, 0.15) is 0 Å². The lowest BCUT2D eigenvalue weighted by Gasteiger charge is -2.16. The third-order valence-corrected chi connectivity index (χ3v) is 3.58. The molecule has 0 radical (unpaired) electrons. The average Bonchev–Trinajstić information content (AvgIpc) is 2.72. The molecule has 0 saturated carbocycles. The fourth-order valence-electron chi connectivity index (χ4n) is 2.31. The first-order chi connectivity index (χ1) is 8.49. The molecule has 3 N–H and O–H groups in total. The summed E-state index contributed by atoms with van der Waals surface area (Å²) < 4.78 is 5.41. The predicted molar refractivity (Wildman–Crippen MR) is 72.5 cm³/mol. The molecule has 1 amide bonds. The van der Waals surface area contributed by atoms with Gasteiger partial charge in [-0.1, -0.05) is 6.07 Å². The van der Waals surface area contributed by atoms with Gasteiger partial charge in [-0.05, 0) is 44.4 Å². The smallest absolute Gasteiger partial charge is 0.230 e. The summed E-state index contributed by atoms with van der Waals surface area (Å²) in [5.41, 5.74) is 9.42. The Kier molecular flexibility index (Phi) is 3.57. The lowest BCUT2D eigenvalue weighted by molar-refractivity contribution is -0.121. The first-order valence-electron chi connectivity index (χ1n) is 6.28. The minimum Gasteiger partial charge on any atom is -0.398 e. The van der Waals surface area contributed by atoms with Gasteiger partial charge in [0.2, 0.25) is 5.91 Å². The Hall–Kier alpha value is -1.55. The minimum absolute atomic E-state index is 0.00639. The maximum Gasteiger partial charge on any atom is 0.230 e. The van der Waals surface area contributed by atoms with E-state index >= 15 is 0 Å². The molecular weight excluding hydrogens is 228 g/mol. The summed E-state index contributed by atoms with van der Waals surface area (Å²) in [6.45, 7) is 6.53. The first-order valence-corrected chi connectivity index (χ1v) is 6.28. The standard InChI is InChI=1S/C14H20N2O2/c1-8-6-9(2)13(7-12(8)15)16-14(17)11-4-5-18-10(11)3/h6-7,10-11H,4-5,15H2,1-3H3,(H,16,17). The van der Waals surface area contributed by atoms with E-state index in [-0.39, 0.29) is 17.9 Å². The van der Waals surface area contributed by atoms with E-state index in [2.05, 4.69) is 5.32 Å². The Morgan fingerprint density at radius 1 is 1.39 bits per heavy atom. The highest BCUT2D eigenvalue weighted by atomic mass is 16.5. The molecule has 1 aliphatic rings. The second-order valence-electron chi connectivity index (χ2n) is 4.98. The maximum absolute atomic E-state index is 12.1. The van der Waals surface area contributed by atoms with Crippen molar-refractivity contribution in [2.24, 2.45) is 5.92 Å². The van der Waals surface area contributed by atoms with Crippen molar-refractivity contribution in [2.45, 2.75) is 33.3 Å². The summed E-state index contributed by atoms with van der Waals surface area (Å²) in [5.74, 6) is -0.0433. The molecule has 18 heavy (non-hydrogen) atoms. The Bertz CT molecular complexity index is 471. The second kappa shape index (κ2) is 4.98. The number of hydrogen-bond donors (Lipinski definition) is 2. The number of nitrogens with one attached hydrogen (secondary N) is 1. The zero-order chi connectivity index (χ0) is 13.3. The number of carbonyl (C=O) groups excluding carboxylic acids is 1. The molecule has 1 fully saturated rings. The van der Waals surface area contributed by atoms with Crippen molar-refractivity contribution < 1.29 is 9.53 Å². The van der Waals surface area contributed by atoms with E-state index in [4.69, 9.17) is 10.5 Å². The second-order valence-corrected chi connectivity index (χ2v) is 4.98. The van der Waals surface area contributed by atoms with Crippen LogP contribution >= 0.6 is 0 Å². The van der Waals surface area contributed by atoms with Gasteiger partial charge >= 0.3 is 0 Å². The lowest BCUT2D eigenvalue weighted by atomic mass is 10.0. The van der Waals surface area contributed by atoms with Crippen molar-refractivity contribution in [1.82, 2.24) is 0 Å². The predicted octanol–water partition coefficient (Wildman–Crippen LogP) is 2.25. The van der Waals surface area contributed by atoms with Crippen LogP contribution in [0.4, 0.5) is 11.4 Å². The van der Waals surface area contributed by atoms with Gasteiger partial charge in [0.25, 0.3) is 0 Å². The van der Waals surface area contributed by atoms with Gasteiger partial charge < -0.3 is 15.8 Å². The molecule has 0 aromatic heterocycles. The van der Waals surface area contributed by atoms with Crippen molar-refractivity contribution in [2.75, 3.05) is 17.7 Å². The molecule has 1 aliphatic heterocycles. The summed E-state index contributed by atoms with van der Waals surface area (Å²) in [5, 5.41) is 2.95. The molecule has 2 atom stereocenters. The van der Waals surface area contributed by atoms with Gasteiger partial charge in [-0.15, -0.1) is 0 Å². The van der Waals surface area contributed by atoms with Gasteiger partial charge in [0.05, 0.1) is 12.0 Å². The Labute approximate surface area is 108 Å². The van der Waals surface area contributed by atoms with Gasteiger partial charge in [-0.3, -0.25) is 4.79 Å². The van der Waals surface area contributed by atoms with Crippen molar-refractivity contribution in [3.63, 3.8) is 0 Å². The van der Waals surface area contributed by atoms with Gasteiger partial charge in [0.15, 0.2) is 0 Å². The van der Waals surface area contributed by atoms with Crippen LogP contribution < -0.4 is 11.1 Å². The Morgan fingerprint density at radius 2 is 2.11 bits per heavy atom. The molecular formula is C14H20N2O2. The fraction of sp³-hybridized carbons (Fsp3) is 0.500. The fourth-order valence-corrected chi connectivity index (χ4v) is 2.31. The van der Waals surface area contributed by atoms with Crippen molar-refractivity contribution >= 4 is 17.3 Å². The summed E-state index contributed by atoms with van der Waals surface area (Å²) in [6.07, 6.45) is 0.779. The molecule has 1 saturated heterocycles. The first kappa shape index (κ1) is 12.9. The molecule has 0 aliphatic carbocycles. The number of anilines is 2. The summed E-state index contributed by atoms with van der Waals surface area (Å²) in [4.78, 5) is 12.1. The largest absolute Gasteiger partial charge is 0.398 e. The number of benzene rings is 1. The Balaban J connectivity index is 2.14. The van der Waals surface area contributed by atoms with Crippen LogP contribution in [0.3, 0.4) is 0 Å². The minimum atomic E-state index is -0.0630. The molecule has 98 valence electrons. The highest BCUT2D eigenvalue weighted by Crippen LogP contribution is 2.26. The highest BCUT2D eigenvalue weighted by Gasteiger charge is 2.30. The third kappa shape index (κ3) is 2.48. The molecule has 1 aromatic rings. The van der Waals surface area contributed by atoms with Crippen molar-refractivity contribution in [3.8, 4) is 0 Å². The molecule has 0 spiro atoms. The number of amides is 1. The topological polar surface area (TPSA) is 64.3 Å². The summed E-state index contributed by atoms with van der Waals surface area (Å²) >= 11 is 0. The number of hydrogen-bond acceptors (Lipinski definition) is 3. The number of rotatable bonds is 2. The lowest BCUT2D eigenvalue weighted by Crippen LogP contribution is -2.28. The maximum atomic E-state index is 12.1. The number of nitrogens with two attached hydrogens (primary N) is 1. The van der Waals surface area contributed by atoms with E-state index in [1.807, 2.05) is 32.9 Å². The van der Waals surface area contributed by atoms with E-state index in [9.17, 15) is 4.79 Å². The van der Waals surface area contributed by atoms with Crippen LogP contribution in [-0.2, 0) is 9.53 Å². The molecule has 1 heterocycles. The van der Waals surface area contributed by atoms with Crippen LogP contribution in [-0.4, -0.2) is 18.6 Å². The molecule has 4 heteroatoms. The van der Waals surface area contributed by atoms with Crippen molar-refractivity contribution in [1.29, 1.82) is 0 Å². The van der Waals surface area contributed by atoms with Crippen LogP contribution in [0.2, 0.25) is 0 Å². The van der Waals surface area contributed by atoms with E-state index in [1.165, 1.54) is 0 Å². The van der Waals surface area contributed by atoms with E-state index in [1.54, 1.807) is 0 Å². The molecule has 2 rings (SSSR count). The number of aryl methyl sites for hydroxylation is 2. The van der Waals surface area contributed by atoms with Gasteiger partial charge in [-0.25, -0.2) is 0 Å². The zero-order valence-corrected chi connectivity index (χ0v) is 11.1. The summed E-state index contributed by atoms with van der Waals surface area (Å²) in [7, 11) is 0. The van der Waals surface area contributed by atoms with Crippen molar-refractivity contribution in [3.05, 3.63) is 23.3 Å². The van der Waals surface area contributed by atoms with Crippen LogP contribution in [0.1, 0.15) is 24.5 Å². The van der Waals surface area contributed by atoms with Gasteiger partial charge in [0, 0.05) is 18.0 Å². The van der Waals surface area contributed by atoms with Crippen LogP contribution in [0.5, 0.6) is 0 Å². The normalized spacial score (nSPS) is 23.1. The van der Waals surface area contributed by atoms with Gasteiger partial charge in [-0.2, -0.15) is 0 Å². The SMILES string of the molecule is Cc1cc(C)c(NC(=O)C2CCOC2C)cc1N. The zero-order valence-electron chi connectivity index (χ0n) is 11.1. The highest BCUT2D eigenvalue weighted by molar-refractivity contribution is 5.94. The molecule has 1 aromatic carbocycles. The van der Waals surface area contributed by atoms with E-state index in [0.29, 0.717) is 12.3 Å². The molecule has 0 bridgehead atoms. The van der Waals surface area contributed by atoms with Crippen LogP contribution in [0, 0.1) is 19.8 Å². The monoisotopic (exact) mass is 248 g/mol.